The van der Waals surface area contributed by atoms with Gasteiger partial charge in [-0.3, -0.25) is 11.3 Å². The summed E-state index contributed by atoms with van der Waals surface area (Å²) in [6.07, 6.45) is 0.482. The summed E-state index contributed by atoms with van der Waals surface area (Å²) in [6, 6.07) is 9.25. The number of nitrogens with two attached hydrogens (primary N) is 1. The highest BCUT2D eigenvalue weighted by Crippen LogP contribution is 2.26. The molecule has 0 heterocycles. The van der Waals surface area contributed by atoms with Gasteiger partial charge in [0.2, 0.25) is 0 Å². The predicted octanol–water partition coefficient (Wildman–Crippen LogP) is 3.78. The Bertz CT molecular complexity index is 617. The average Bonchev–Trinajstić information content (AvgIpc) is 2.42. The highest BCUT2D eigenvalue weighted by molar-refractivity contribution is 9.10. The molecule has 2 rings (SSSR count). The molecular formula is C15H15BrF2N2. The van der Waals surface area contributed by atoms with E-state index in [1.807, 2.05) is 6.92 Å². The number of aryl methyl sites for hydroxylation is 1. The molecule has 3 N–H and O–H groups in total. The molecule has 1 atom stereocenters. The van der Waals surface area contributed by atoms with Crippen LogP contribution in [0.15, 0.2) is 40.9 Å². The van der Waals surface area contributed by atoms with Gasteiger partial charge in [0.15, 0.2) is 0 Å². The normalized spacial score (nSPS) is 12.4. The second-order valence-electron chi connectivity index (χ2n) is 4.64. The van der Waals surface area contributed by atoms with E-state index in [0.717, 1.165) is 11.1 Å². The number of rotatable bonds is 4. The lowest BCUT2D eigenvalue weighted by Gasteiger charge is -2.19. The van der Waals surface area contributed by atoms with Crippen LogP contribution in [0.2, 0.25) is 0 Å². The zero-order valence-electron chi connectivity index (χ0n) is 11.0. The van der Waals surface area contributed by atoms with E-state index in [4.69, 9.17) is 5.84 Å². The van der Waals surface area contributed by atoms with Crippen molar-refractivity contribution in [1.29, 1.82) is 0 Å². The number of hydrazine groups is 1. The number of benzene rings is 2. The molecule has 20 heavy (non-hydrogen) atoms. The quantitative estimate of drug-likeness (QED) is 0.656. The van der Waals surface area contributed by atoms with Crippen molar-refractivity contribution >= 4 is 15.9 Å². The largest absolute Gasteiger partial charge is 0.271 e. The maximum atomic E-state index is 14.1. The minimum atomic E-state index is -0.378. The van der Waals surface area contributed by atoms with E-state index < -0.39 is 0 Å². The molecule has 2 nitrogen and oxygen atoms in total. The number of hydrogen-bond acceptors (Lipinski definition) is 2. The Hall–Kier alpha value is -1.30. The summed E-state index contributed by atoms with van der Waals surface area (Å²) in [5.74, 6) is 4.93. The van der Waals surface area contributed by atoms with Gasteiger partial charge in [0.25, 0.3) is 0 Å². The van der Waals surface area contributed by atoms with Crippen molar-refractivity contribution in [2.75, 3.05) is 0 Å². The number of halogens is 3. The average molecular weight is 341 g/mol. The maximum absolute atomic E-state index is 14.1. The third kappa shape index (κ3) is 3.23. The highest BCUT2D eigenvalue weighted by Gasteiger charge is 2.17. The topological polar surface area (TPSA) is 38.0 Å². The molecule has 106 valence electrons. The van der Waals surface area contributed by atoms with Crippen LogP contribution < -0.4 is 11.3 Å². The van der Waals surface area contributed by atoms with Crippen molar-refractivity contribution in [3.05, 3.63) is 69.2 Å². The van der Waals surface area contributed by atoms with Gasteiger partial charge >= 0.3 is 0 Å². The van der Waals surface area contributed by atoms with Crippen molar-refractivity contribution in [2.24, 2.45) is 5.84 Å². The third-order valence-electron chi connectivity index (χ3n) is 3.29. The molecule has 0 saturated carbocycles. The Labute approximate surface area is 125 Å². The van der Waals surface area contributed by atoms with Crippen molar-refractivity contribution in [3.8, 4) is 0 Å². The van der Waals surface area contributed by atoms with Gasteiger partial charge in [-0.05, 0) is 58.6 Å². The summed E-state index contributed by atoms with van der Waals surface area (Å²) in [5, 5.41) is 0. The van der Waals surface area contributed by atoms with E-state index in [9.17, 15) is 8.78 Å². The zero-order chi connectivity index (χ0) is 14.7. The standard InChI is InChI=1S/C15H15BrF2N2/c1-9-7-11(17)6-5-10(9)8-14(20-19)12-3-2-4-13(16)15(12)18/h2-7,14,20H,8,19H2,1H3. The molecule has 0 aliphatic carbocycles. The second-order valence-corrected chi connectivity index (χ2v) is 5.49. The van der Waals surface area contributed by atoms with Gasteiger partial charge in [0.05, 0.1) is 10.5 Å². The van der Waals surface area contributed by atoms with Crippen LogP contribution in [-0.2, 0) is 6.42 Å². The fraction of sp³-hybridized carbons (Fsp3) is 0.200. The van der Waals surface area contributed by atoms with E-state index in [-0.39, 0.29) is 17.7 Å². The Balaban J connectivity index is 2.31. The molecule has 0 aromatic heterocycles. The summed E-state index contributed by atoms with van der Waals surface area (Å²) >= 11 is 3.16. The van der Waals surface area contributed by atoms with Crippen LogP contribution >= 0.6 is 15.9 Å². The summed E-state index contributed by atoms with van der Waals surface area (Å²) in [6.45, 7) is 1.82. The molecule has 0 amide bonds. The molecule has 0 radical (unpaired) electrons. The fourth-order valence-corrected chi connectivity index (χ4v) is 2.54. The zero-order valence-corrected chi connectivity index (χ0v) is 12.5. The number of hydrogen-bond donors (Lipinski definition) is 2. The minimum Gasteiger partial charge on any atom is -0.271 e. The van der Waals surface area contributed by atoms with Gasteiger partial charge in [-0.15, -0.1) is 0 Å². The first kappa shape index (κ1) is 15.1. The smallest absolute Gasteiger partial charge is 0.142 e. The van der Waals surface area contributed by atoms with Gasteiger partial charge < -0.3 is 0 Å². The maximum Gasteiger partial charge on any atom is 0.142 e. The predicted molar refractivity (Wildman–Crippen MR) is 79.0 cm³/mol. The first-order chi connectivity index (χ1) is 9.52. The SMILES string of the molecule is Cc1cc(F)ccc1CC(NN)c1cccc(Br)c1F. The second kappa shape index (κ2) is 6.43. The minimum absolute atomic E-state index is 0.280. The molecule has 2 aromatic carbocycles. The Morgan fingerprint density at radius 2 is 2.00 bits per heavy atom. The summed E-state index contributed by atoms with van der Waals surface area (Å²) < 4.78 is 27.6. The van der Waals surface area contributed by atoms with Gasteiger partial charge in [0, 0.05) is 5.56 Å². The van der Waals surface area contributed by atoms with E-state index in [0.29, 0.717) is 16.5 Å². The molecule has 0 saturated heterocycles. The third-order valence-corrected chi connectivity index (χ3v) is 3.90. The molecule has 0 fully saturated rings. The molecule has 0 spiro atoms. The van der Waals surface area contributed by atoms with Crippen molar-refractivity contribution < 1.29 is 8.78 Å². The van der Waals surface area contributed by atoms with E-state index in [1.54, 1.807) is 24.3 Å². The molecule has 0 aliphatic rings. The Kier molecular flexibility index (Phi) is 4.86. The van der Waals surface area contributed by atoms with Crippen LogP contribution in [0.1, 0.15) is 22.7 Å². The van der Waals surface area contributed by atoms with Crippen molar-refractivity contribution in [3.63, 3.8) is 0 Å². The van der Waals surface area contributed by atoms with Gasteiger partial charge in [0.1, 0.15) is 11.6 Å². The Morgan fingerprint density at radius 3 is 2.65 bits per heavy atom. The van der Waals surface area contributed by atoms with Crippen molar-refractivity contribution in [1.82, 2.24) is 5.43 Å². The lowest BCUT2D eigenvalue weighted by molar-refractivity contribution is 0.507. The van der Waals surface area contributed by atoms with Crippen LogP contribution in [0, 0.1) is 18.6 Å². The lowest BCUT2D eigenvalue weighted by Crippen LogP contribution is -2.30. The monoisotopic (exact) mass is 340 g/mol. The lowest BCUT2D eigenvalue weighted by atomic mass is 9.96. The van der Waals surface area contributed by atoms with E-state index >= 15 is 0 Å². The van der Waals surface area contributed by atoms with Crippen LogP contribution in [0.5, 0.6) is 0 Å². The van der Waals surface area contributed by atoms with Gasteiger partial charge in [-0.25, -0.2) is 8.78 Å². The van der Waals surface area contributed by atoms with Crippen LogP contribution in [0.3, 0.4) is 0 Å². The summed E-state index contributed by atoms with van der Waals surface area (Å²) in [5.41, 5.74) is 4.84. The fourth-order valence-electron chi connectivity index (χ4n) is 2.16. The van der Waals surface area contributed by atoms with Crippen LogP contribution in [0.4, 0.5) is 8.78 Å². The molecule has 1 unspecified atom stereocenters. The first-order valence-electron chi connectivity index (χ1n) is 6.18. The summed E-state index contributed by atoms with van der Waals surface area (Å²) in [4.78, 5) is 0. The molecule has 0 bridgehead atoms. The van der Waals surface area contributed by atoms with E-state index in [1.165, 1.54) is 12.1 Å². The summed E-state index contributed by atoms with van der Waals surface area (Å²) in [7, 11) is 0. The van der Waals surface area contributed by atoms with Crippen LogP contribution in [0.25, 0.3) is 0 Å². The van der Waals surface area contributed by atoms with Gasteiger partial charge in [-0.1, -0.05) is 18.2 Å². The van der Waals surface area contributed by atoms with Gasteiger partial charge in [-0.2, -0.15) is 0 Å². The number of nitrogens with one attached hydrogen (secondary N) is 1. The Morgan fingerprint density at radius 1 is 1.25 bits per heavy atom. The molecule has 5 heteroatoms. The van der Waals surface area contributed by atoms with Crippen LogP contribution in [-0.4, -0.2) is 0 Å². The van der Waals surface area contributed by atoms with E-state index in [2.05, 4.69) is 21.4 Å². The molecule has 0 aliphatic heterocycles. The molecular weight excluding hydrogens is 326 g/mol. The highest BCUT2D eigenvalue weighted by atomic mass is 79.9. The van der Waals surface area contributed by atoms with Crippen molar-refractivity contribution in [2.45, 2.75) is 19.4 Å². The molecule has 2 aromatic rings. The first-order valence-corrected chi connectivity index (χ1v) is 6.97.